The summed E-state index contributed by atoms with van der Waals surface area (Å²) in [4.78, 5) is 18.8. The molecule has 0 saturated carbocycles. The molecule has 1 N–H and O–H groups in total. The van der Waals surface area contributed by atoms with E-state index in [4.69, 9.17) is 0 Å². The van der Waals surface area contributed by atoms with Crippen LogP contribution < -0.4 is 10.2 Å². The molecule has 0 radical (unpaired) electrons. The Morgan fingerprint density at radius 3 is 2.59 bits per heavy atom. The van der Waals surface area contributed by atoms with Crippen LogP contribution in [-0.2, 0) is 0 Å². The number of nitrogens with one attached hydrogen (secondary N) is 1. The Morgan fingerprint density at radius 2 is 1.95 bits per heavy atom. The molecule has 0 spiro atoms. The zero-order valence-electron chi connectivity index (χ0n) is 13.1. The first-order valence-corrected chi connectivity index (χ1v) is 8.13. The van der Waals surface area contributed by atoms with Crippen molar-refractivity contribution >= 4 is 33.3 Å². The van der Waals surface area contributed by atoms with Gasteiger partial charge in [0.25, 0.3) is 5.91 Å². The number of benzene rings is 1. The largest absolute Gasteiger partial charge is 0.357 e. The van der Waals surface area contributed by atoms with E-state index in [1.165, 1.54) is 0 Å². The number of amides is 1. The van der Waals surface area contributed by atoms with Gasteiger partial charge in [-0.1, -0.05) is 15.9 Å². The van der Waals surface area contributed by atoms with E-state index in [1.54, 1.807) is 12.3 Å². The van der Waals surface area contributed by atoms with E-state index < -0.39 is 0 Å². The molecule has 5 heteroatoms. The summed E-state index contributed by atoms with van der Waals surface area (Å²) in [5, 5.41) is 2.92. The molecule has 0 aliphatic carbocycles. The summed E-state index contributed by atoms with van der Waals surface area (Å²) < 4.78 is 1.03. The van der Waals surface area contributed by atoms with E-state index >= 15 is 0 Å². The zero-order chi connectivity index (χ0) is 16.1. The Hall–Kier alpha value is -1.88. The lowest BCUT2D eigenvalue weighted by Gasteiger charge is -2.20. The average Bonchev–Trinajstić information content (AvgIpc) is 2.52. The first-order valence-electron chi connectivity index (χ1n) is 7.33. The first kappa shape index (κ1) is 16.5. The SMILES string of the molecule is CCN(CC)c1cc(C(=O)Nc2ccc(Br)c(C)c2)ccn1. The number of halogens is 1. The predicted octanol–water partition coefficient (Wildman–Crippen LogP) is 4.25. The van der Waals surface area contributed by atoms with Gasteiger partial charge in [-0.2, -0.15) is 0 Å². The molecule has 0 aliphatic heterocycles. The molecule has 1 aromatic carbocycles. The number of anilines is 2. The second-order valence-electron chi connectivity index (χ2n) is 4.99. The highest BCUT2D eigenvalue weighted by Gasteiger charge is 2.10. The van der Waals surface area contributed by atoms with Gasteiger partial charge in [-0.25, -0.2) is 4.98 Å². The number of pyridine rings is 1. The number of hydrogen-bond acceptors (Lipinski definition) is 3. The van der Waals surface area contributed by atoms with E-state index in [0.29, 0.717) is 5.56 Å². The van der Waals surface area contributed by atoms with Crippen LogP contribution in [0.4, 0.5) is 11.5 Å². The number of carbonyl (C=O) groups is 1. The summed E-state index contributed by atoms with van der Waals surface area (Å²) in [5.74, 6) is 0.696. The number of nitrogens with zero attached hydrogens (tertiary/aromatic N) is 2. The molecule has 0 bridgehead atoms. The average molecular weight is 362 g/mol. The van der Waals surface area contributed by atoms with Gasteiger partial charge in [-0.05, 0) is 56.7 Å². The third-order valence-corrected chi connectivity index (χ3v) is 4.40. The Labute approximate surface area is 139 Å². The zero-order valence-corrected chi connectivity index (χ0v) is 14.6. The van der Waals surface area contributed by atoms with Crippen molar-refractivity contribution < 1.29 is 4.79 Å². The van der Waals surface area contributed by atoms with Crippen molar-refractivity contribution in [2.75, 3.05) is 23.3 Å². The highest BCUT2D eigenvalue weighted by Crippen LogP contribution is 2.21. The minimum atomic E-state index is -0.127. The Morgan fingerprint density at radius 1 is 1.23 bits per heavy atom. The summed E-state index contributed by atoms with van der Waals surface area (Å²) in [6.45, 7) is 7.86. The Bertz CT molecular complexity index is 669. The van der Waals surface area contributed by atoms with Crippen LogP contribution in [0.3, 0.4) is 0 Å². The maximum absolute atomic E-state index is 12.4. The minimum absolute atomic E-state index is 0.127. The summed E-state index contributed by atoms with van der Waals surface area (Å²) in [6, 6.07) is 9.30. The smallest absolute Gasteiger partial charge is 0.255 e. The third kappa shape index (κ3) is 3.85. The van der Waals surface area contributed by atoms with Crippen molar-refractivity contribution in [3.8, 4) is 0 Å². The lowest BCUT2D eigenvalue weighted by Crippen LogP contribution is -2.23. The maximum Gasteiger partial charge on any atom is 0.255 e. The molecule has 0 unspecified atom stereocenters. The van der Waals surface area contributed by atoms with Gasteiger partial charge in [0.1, 0.15) is 5.82 Å². The fourth-order valence-corrected chi connectivity index (χ4v) is 2.45. The van der Waals surface area contributed by atoms with Crippen molar-refractivity contribution in [2.45, 2.75) is 20.8 Å². The van der Waals surface area contributed by atoms with E-state index in [0.717, 1.165) is 34.6 Å². The molecule has 1 amide bonds. The van der Waals surface area contributed by atoms with Gasteiger partial charge in [-0.15, -0.1) is 0 Å². The topological polar surface area (TPSA) is 45.2 Å². The summed E-state index contributed by atoms with van der Waals surface area (Å²) in [5.41, 5.74) is 2.47. The molecular weight excluding hydrogens is 342 g/mol. The molecule has 116 valence electrons. The maximum atomic E-state index is 12.4. The molecular formula is C17H20BrN3O. The van der Waals surface area contributed by atoms with Gasteiger partial charge in [0.2, 0.25) is 0 Å². The van der Waals surface area contributed by atoms with Crippen LogP contribution in [0.5, 0.6) is 0 Å². The van der Waals surface area contributed by atoms with Gasteiger partial charge in [0, 0.05) is 35.0 Å². The molecule has 0 fully saturated rings. The van der Waals surface area contributed by atoms with Gasteiger partial charge in [0.15, 0.2) is 0 Å². The van der Waals surface area contributed by atoms with E-state index in [-0.39, 0.29) is 5.91 Å². The standard InChI is InChI=1S/C17H20BrN3O/c1-4-21(5-2)16-11-13(8-9-19-16)17(22)20-14-6-7-15(18)12(3)10-14/h6-11H,4-5H2,1-3H3,(H,20,22). The molecule has 22 heavy (non-hydrogen) atoms. The lowest BCUT2D eigenvalue weighted by atomic mass is 10.2. The Kier molecular flexibility index (Phi) is 5.55. The lowest BCUT2D eigenvalue weighted by molar-refractivity contribution is 0.102. The second kappa shape index (κ2) is 7.40. The molecule has 2 rings (SSSR count). The monoisotopic (exact) mass is 361 g/mol. The molecule has 0 saturated heterocycles. The van der Waals surface area contributed by atoms with E-state index in [9.17, 15) is 4.79 Å². The van der Waals surface area contributed by atoms with Crippen LogP contribution in [0.15, 0.2) is 41.0 Å². The van der Waals surface area contributed by atoms with Crippen LogP contribution in [0.25, 0.3) is 0 Å². The molecule has 1 heterocycles. The fourth-order valence-electron chi connectivity index (χ4n) is 2.21. The molecule has 0 aliphatic rings. The highest BCUT2D eigenvalue weighted by molar-refractivity contribution is 9.10. The van der Waals surface area contributed by atoms with E-state index in [1.807, 2.05) is 31.2 Å². The number of hydrogen-bond donors (Lipinski definition) is 1. The van der Waals surface area contributed by atoms with Gasteiger partial charge in [-0.3, -0.25) is 4.79 Å². The van der Waals surface area contributed by atoms with Crippen LogP contribution >= 0.6 is 15.9 Å². The third-order valence-electron chi connectivity index (χ3n) is 3.51. The van der Waals surface area contributed by atoms with Crippen LogP contribution in [0.2, 0.25) is 0 Å². The van der Waals surface area contributed by atoms with Crippen molar-refractivity contribution in [3.63, 3.8) is 0 Å². The normalized spacial score (nSPS) is 10.4. The van der Waals surface area contributed by atoms with Crippen LogP contribution in [0, 0.1) is 6.92 Å². The second-order valence-corrected chi connectivity index (χ2v) is 5.85. The van der Waals surface area contributed by atoms with Gasteiger partial charge in [0.05, 0.1) is 0 Å². The van der Waals surface area contributed by atoms with Gasteiger partial charge >= 0.3 is 0 Å². The minimum Gasteiger partial charge on any atom is -0.357 e. The fraction of sp³-hybridized carbons (Fsp3) is 0.294. The van der Waals surface area contributed by atoms with Crippen molar-refractivity contribution in [3.05, 3.63) is 52.1 Å². The Balaban J connectivity index is 2.18. The summed E-state index contributed by atoms with van der Waals surface area (Å²) >= 11 is 3.46. The van der Waals surface area contributed by atoms with Crippen molar-refractivity contribution in [2.24, 2.45) is 0 Å². The van der Waals surface area contributed by atoms with Crippen LogP contribution in [-0.4, -0.2) is 24.0 Å². The van der Waals surface area contributed by atoms with E-state index in [2.05, 4.69) is 45.0 Å². The number of aromatic nitrogens is 1. The quantitative estimate of drug-likeness (QED) is 0.865. The van der Waals surface area contributed by atoms with Crippen molar-refractivity contribution in [1.29, 1.82) is 0 Å². The van der Waals surface area contributed by atoms with Crippen LogP contribution in [0.1, 0.15) is 29.8 Å². The molecule has 2 aromatic rings. The number of rotatable bonds is 5. The predicted molar refractivity (Wildman–Crippen MR) is 94.6 cm³/mol. The molecule has 4 nitrogen and oxygen atoms in total. The highest BCUT2D eigenvalue weighted by atomic mass is 79.9. The number of aryl methyl sites for hydroxylation is 1. The first-order chi connectivity index (χ1) is 10.5. The summed E-state index contributed by atoms with van der Waals surface area (Å²) in [6.07, 6.45) is 1.68. The summed E-state index contributed by atoms with van der Waals surface area (Å²) in [7, 11) is 0. The molecule has 1 aromatic heterocycles. The van der Waals surface area contributed by atoms with Gasteiger partial charge < -0.3 is 10.2 Å². The number of carbonyl (C=O) groups excluding carboxylic acids is 1. The molecule has 0 atom stereocenters. The van der Waals surface area contributed by atoms with Crippen molar-refractivity contribution in [1.82, 2.24) is 4.98 Å².